The maximum absolute atomic E-state index is 12.3. The van der Waals surface area contributed by atoms with Crippen LogP contribution in [0.3, 0.4) is 0 Å². The molecule has 0 aliphatic rings. The van der Waals surface area contributed by atoms with Crippen molar-refractivity contribution in [3.8, 4) is 5.82 Å². The molecule has 2 aromatic heterocycles. The molecular formula is C10H6F5N3. The van der Waals surface area contributed by atoms with E-state index in [2.05, 4.69) is 10.1 Å². The standard InChI is InChI=1S/C10H6F5N3/c11-9(12)7-3-4-18(17-7)8-2-1-6(5-16-8)10(13,14)15/h1-5,9H. The van der Waals surface area contributed by atoms with Crippen LogP contribution in [0, 0.1) is 0 Å². The van der Waals surface area contributed by atoms with Gasteiger partial charge in [-0.2, -0.15) is 18.3 Å². The lowest BCUT2D eigenvalue weighted by Gasteiger charge is -2.06. The first-order chi connectivity index (χ1) is 8.38. The Hall–Kier alpha value is -1.99. The second-order valence-electron chi connectivity index (χ2n) is 3.39. The number of halogens is 5. The highest BCUT2D eigenvalue weighted by Gasteiger charge is 2.30. The number of hydrogen-bond donors (Lipinski definition) is 0. The summed E-state index contributed by atoms with van der Waals surface area (Å²) < 4.78 is 62.3. The minimum atomic E-state index is -4.48. The van der Waals surface area contributed by atoms with Crippen molar-refractivity contribution in [1.82, 2.24) is 14.8 Å². The zero-order chi connectivity index (χ0) is 13.3. The van der Waals surface area contributed by atoms with Crippen molar-refractivity contribution < 1.29 is 22.0 Å². The quantitative estimate of drug-likeness (QED) is 0.779. The first-order valence-corrected chi connectivity index (χ1v) is 4.75. The summed E-state index contributed by atoms with van der Waals surface area (Å²) in [5, 5.41) is 3.49. The molecular weight excluding hydrogens is 257 g/mol. The molecule has 0 spiro atoms. The molecule has 96 valence electrons. The molecule has 0 aromatic carbocycles. The summed E-state index contributed by atoms with van der Waals surface area (Å²) in [6.45, 7) is 0. The molecule has 2 heterocycles. The van der Waals surface area contributed by atoms with Gasteiger partial charge in [-0.15, -0.1) is 0 Å². The van der Waals surface area contributed by atoms with Gasteiger partial charge in [-0.05, 0) is 18.2 Å². The van der Waals surface area contributed by atoms with E-state index >= 15 is 0 Å². The number of aromatic nitrogens is 3. The SMILES string of the molecule is FC(F)c1ccn(-c2ccc(C(F)(F)F)cn2)n1. The van der Waals surface area contributed by atoms with E-state index < -0.39 is 23.9 Å². The first kappa shape index (κ1) is 12.5. The highest BCUT2D eigenvalue weighted by molar-refractivity contribution is 5.26. The molecule has 0 saturated heterocycles. The molecule has 0 aliphatic carbocycles. The van der Waals surface area contributed by atoms with Crippen LogP contribution in [0.25, 0.3) is 5.82 Å². The third kappa shape index (κ3) is 2.47. The summed E-state index contributed by atoms with van der Waals surface area (Å²) in [6, 6.07) is 2.95. The summed E-state index contributed by atoms with van der Waals surface area (Å²) in [7, 11) is 0. The number of alkyl halides is 5. The number of pyridine rings is 1. The van der Waals surface area contributed by atoms with Crippen LogP contribution < -0.4 is 0 Å². The van der Waals surface area contributed by atoms with Crippen molar-refractivity contribution in [1.29, 1.82) is 0 Å². The molecule has 18 heavy (non-hydrogen) atoms. The van der Waals surface area contributed by atoms with E-state index in [1.165, 1.54) is 6.20 Å². The van der Waals surface area contributed by atoms with Crippen LogP contribution in [0.4, 0.5) is 22.0 Å². The Morgan fingerprint density at radius 3 is 2.28 bits per heavy atom. The van der Waals surface area contributed by atoms with Gasteiger partial charge >= 0.3 is 6.18 Å². The van der Waals surface area contributed by atoms with Crippen molar-refractivity contribution in [2.75, 3.05) is 0 Å². The van der Waals surface area contributed by atoms with Crippen LogP contribution >= 0.6 is 0 Å². The molecule has 0 saturated carbocycles. The zero-order valence-electron chi connectivity index (χ0n) is 8.70. The first-order valence-electron chi connectivity index (χ1n) is 4.75. The van der Waals surface area contributed by atoms with Crippen molar-refractivity contribution >= 4 is 0 Å². The molecule has 2 aromatic rings. The Kier molecular flexibility index (Phi) is 3.02. The van der Waals surface area contributed by atoms with Crippen molar-refractivity contribution in [3.63, 3.8) is 0 Å². The lowest BCUT2D eigenvalue weighted by Crippen LogP contribution is -2.07. The van der Waals surface area contributed by atoms with Crippen LogP contribution in [0.5, 0.6) is 0 Å². The summed E-state index contributed by atoms with van der Waals surface area (Å²) in [5.74, 6) is 0.0369. The lowest BCUT2D eigenvalue weighted by molar-refractivity contribution is -0.137. The molecule has 2 rings (SSSR count). The van der Waals surface area contributed by atoms with E-state index in [9.17, 15) is 22.0 Å². The van der Waals surface area contributed by atoms with E-state index in [1.54, 1.807) is 0 Å². The summed E-state index contributed by atoms with van der Waals surface area (Å²) in [5.41, 5.74) is -1.37. The van der Waals surface area contributed by atoms with Crippen LogP contribution in [-0.4, -0.2) is 14.8 Å². The molecule has 0 bridgehead atoms. The minimum absolute atomic E-state index is 0.0369. The summed E-state index contributed by atoms with van der Waals surface area (Å²) in [4.78, 5) is 3.52. The Morgan fingerprint density at radius 2 is 1.83 bits per heavy atom. The van der Waals surface area contributed by atoms with E-state index in [1.807, 2.05) is 0 Å². The fraction of sp³-hybridized carbons (Fsp3) is 0.200. The van der Waals surface area contributed by atoms with Gasteiger partial charge in [0, 0.05) is 12.4 Å². The Labute approximate surface area is 97.9 Å². The summed E-state index contributed by atoms with van der Waals surface area (Å²) in [6.07, 6.45) is -5.39. The molecule has 0 fully saturated rings. The fourth-order valence-electron chi connectivity index (χ4n) is 1.27. The third-order valence-corrected chi connectivity index (χ3v) is 2.14. The van der Waals surface area contributed by atoms with Gasteiger partial charge in [0.15, 0.2) is 5.82 Å². The largest absolute Gasteiger partial charge is 0.417 e. The fourth-order valence-corrected chi connectivity index (χ4v) is 1.27. The predicted octanol–water partition coefficient (Wildman–Crippen LogP) is 3.22. The van der Waals surface area contributed by atoms with Gasteiger partial charge in [-0.3, -0.25) is 0 Å². The average molecular weight is 263 g/mol. The van der Waals surface area contributed by atoms with Crippen LogP contribution in [0.2, 0.25) is 0 Å². The molecule has 0 N–H and O–H groups in total. The molecule has 0 aliphatic heterocycles. The lowest BCUT2D eigenvalue weighted by atomic mass is 10.3. The number of nitrogens with zero attached hydrogens (tertiary/aromatic N) is 3. The van der Waals surface area contributed by atoms with Gasteiger partial charge in [0.1, 0.15) is 5.69 Å². The van der Waals surface area contributed by atoms with Crippen LogP contribution in [-0.2, 0) is 6.18 Å². The Balaban J connectivity index is 2.29. The summed E-state index contributed by atoms with van der Waals surface area (Å²) >= 11 is 0. The smallest absolute Gasteiger partial charge is 0.237 e. The maximum atomic E-state index is 12.3. The van der Waals surface area contributed by atoms with Gasteiger partial charge in [-0.1, -0.05) is 0 Å². The highest BCUT2D eigenvalue weighted by atomic mass is 19.4. The third-order valence-electron chi connectivity index (χ3n) is 2.14. The molecule has 0 radical (unpaired) electrons. The van der Waals surface area contributed by atoms with Crippen LogP contribution in [0.1, 0.15) is 17.7 Å². The molecule has 8 heteroatoms. The molecule has 0 atom stereocenters. The second-order valence-corrected chi connectivity index (χ2v) is 3.39. The van der Waals surface area contributed by atoms with Crippen molar-refractivity contribution in [3.05, 3.63) is 41.9 Å². The van der Waals surface area contributed by atoms with E-state index in [-0.39, 0.29) is 5.82 Å². The zero-order valence-corrected chi connectivity index (χ0v) is 8.70. The van der Waals surface area contributed by atoms with E-state index in [0.29, 0.717) is 6.20 Å². The van der Waals surface area contributed by atoms with Gasteiger partial charge in [0.05, 0.1) is 5.56 Å². The average Bonchev–Trinajstić information content (AvgIpc) is 2.77. The van der Waals surface area contributed by atoms with Crippen LogP contribution in [0.15, 0.2) is 30.6 Å². The Bertz CT molecular complexity index is 529. The topological polar surface area (TPSA) is 30.7 Å². The van der Waals surface area contributed by atoms with Gasteiger partial charge in [0.2, 0.25) is 0 Å². The molecule has 3 nitrogen and oxygen atoms in total. The maximum Gasteiger partial charge on any atom is 0.417 e. The number of hydrogen-bond acceptors (Lipinski definition) is 2. The Morgan fingerprint density at radius 1 is 1.11 bits per heavy atom. The monoisotopic (exact) mass is 263 g/mol. The number of rotatable bonds is 2. The van der Waals surface area contributed by atoms with Gasteiger partial charge < -0.3 is 0 Å². The molecule has 0 unspecified atom stereocenters. The van der Waals surface area contributed by atoms with Gasteiger partial charge in [-0.25, -0.2) is 18.4 Å². The highest BCUT2D eigenvalue weighted by Crippen LogP contribution is 2.28. The minimum Gasteiger partial charge on any atom is -0.237 e. The van der Waals surface area contributed by atoms with E-state index in [4.69, 9.17) is 0 Å². The van der Waals surface area contributed by atoms with Crippen molar-refractivity contribution in [2.24, 2.45) is 0 Å². The second kappa shape index (κ2) is 4.35. The molecule has 0 amide bonds. The normalized spacial score (nSPS) is 12.1. The van der Waals surface area contributed by atoms with Crippen molar-refractivity contribution in [2.45, 2.75) is 12.6 Å². The van der Waals surface area contributed by atoms with E-state index in [0.717, 1.165) is 22.9 Å². The predicted molar refractivity (Wildman–Crippen MR) is 51.3 cm³/mol. The van der Waals surface area contributed by atoms with Gasteiger partial charge in [0.25, 0.3) is 6.43 Å².